The van der Waals surface area contributed by atoms with E-state index in [4.69, 9.17) is 0 Å². The van der Waals surface area contributed by atoms with Crippen molar-refractivity contribution in [2.24, 2.45) is 5.92 Å². The van der Waals surface area contributed by atoms with Crippen LogP contribution in [0, 0.1) is 5.92 Å². The lowest BCUT2D eigenvalue weighted by molar-refractivity contribution is -0.142. The van der Waals surface area contributed by atoms with Crippen LogP contribution in [0.15, 0.2) is 55.0 Å². The van der Waals surface area contributed by atoms with Gasteiger partial charge in [0.2, 0.25) is 5.91 Å². The molecule has 2 amide bonds. The number of nitrogens with zero attached hydrogens (tertiary/aromatic N) is 1. The zero-order chi connectivity index (χ0) is 22.4. The molecule has 4 N–H and O–H groups in total. The van der Waals surface area contributed by atoms with Crippen LogP contribution in [0.1, 0.15) is 36.3 Å². The zero-order valence-corrected chi connectivity index (χ0v) is 17.5. The van der Waals surface area contributed by atoms with Gasteiger partial charge in [0, 0.05) is 23.9 Å². The summed E-state index contributed by atoms with van der Waals surface area (Å²) in [6.45, 7) is 3.76. The van der Waals surface area contributed by atoms with Crippen molar-refractivity contribution < 1.29 is 19.5 Å². The average molecular weight is 422 g/mol. The fraction of sp³-hybridized carbons (Fsp3) is 0.304. The summed E-state index contributed by atoms with van der Waals surface area (Å²) in [5.74, 6) is -2.00. The van der Waals surface area contributed by atoms with Gasteiger partial charge in [0.1, 0.15) is 12.1 Å². The van der Waals surface area contributed by atoms with Crippen molar-refractivity contribution in [2.75, 3.05) is 0 Å². The lowest BCUT2D eigenvalue weighted by atomic mass is 10.0. The molecule has 0 unspecified atom stereocenters. The van der Waals surface area contributed by atoms with Gasteiger partial charge in [-0.2, -0.15) is 0 Å². The second-order valence-corrected chi connectivity index (χ2v) is 7.86. The number of nitrogens with one attached hydrogen (secondary N) is 3. The molecule has 8 heteroatoms. The topological polar surface area (TPSA) is 124 Å². The minimum Gasteiger partial charge on any atom is -0.480 e. The molecule has 0 aliphatic rings. The van der Waals surface area contributed by atoms with Crippen LogP contribution in [0.2, 0.25) is 0 Å². The Hall–Kier alpha value is -3.68. The summed E-state index contributed by atoms with van der Waals surface area (Å²) in [4.78, 5) is 44.5. The van der Waals surface area contributed by atoms with Crippen LogP contribution in [0.25, 0.3) is 10.8 Å². The van der Waals surface area contributed by atoms with Crippen molar-refractivity contribution in [1.82, 2.24) is 20.6 Å². The monoisotopic (exact) mass is 422 g/mol. The van der Waals surface area contributed by atoms with Gasteiger partial charge in [-0.25, -0.2) is 9.78 Å². The first kappa shape index (κ1) is 22.0. The highest BCUT2D eigenvalue weighted by Crippen LogP contribution is 2.18. The standard InChI is InChI=1S/C23H26N4O4/c1-14(2)10-20(23(30)31)27-22(29)19(11-16-12-24-13-25-16)26-21(28)18-9-5-7-15-6-3-4-8-17(15)18/h3-9,12-14,19-20H,10-11H2,1-2H3,(H,24,25)(H,26,28)(H,27,29)(H,30,31)/t19-,20-/m0/s1. The van der Waals surface area contributed by atoms with Gasteiger partial charge >= 0.3 is 5.97 Å². The van der Waals surface area contributed by atoms with Gasteiger partial charge in [0.15, 0.2) is 0 Å². The predicted molar refractivity (Wildman–Crippen MR) is 117 cm³/mol. The molecule has 2 atom stereocenters. The number of carboxylic acids is 1. The maximum atomic E-state index is 13.1. The molecule has 0 bridgehead atoms. The molecular formula is C23H26N4O4. The molecule has 0 aliphatic carbocycles. The number of carboxylic acid groups (broad SMARTS) is 1. The number of rotatable bonds is 9. The van der Waals surface area contributed by atoms with E-state index in [9.17, 15) is 19.5 Å². The number of aromatic nitrogens is 2. The molecule has 31 heavy (non-hydrogen) atoms. The van der Waals surface area contributed by atoms with Crippen molar-refractivity contribution in [2.45, 2.75) is 38.8 Å². The molecule has 8 nitrogen and oxygen atoms in total. The predicted octanol–water partition coefficient (Wildman–Crippen LogP) is 2.52. The number of hydrogen-bond donors (Lipinski definition) is 4. The third-order valence-electron chi connectivity index (χ3n) is 4.96. The van der Waals surface area contributed by atoms with E-state index in [-0.39, 0.29) is 18.8 Å². The summed E-state index contributed by atoms with van der Waals surface area (Å²) >= 11 is 0. The first-order chi connectivity index (χ1) is 14.8. The summed E-state index contributed by atoms with van der Waals surface area (Å²) < 4.78 is 0. The number of H-pyrrole nitrogens is 1. The summed E-state index contributed by atoms with van der Waals surface area (Å²) in [5.41, 5.74) is 1.09. The van der Waals surface area contributed by atoms with Crippen molar-refractivity contribution in [3.63, 3.8) is 0 Å². The van der Waals surface area contributed by atoms with Crippen LogP contribution in [0.3, 0.4) is 0 Å². The number of hydrogen-bond acceptors (Lipinski definition) is 4. The Labute approximate surface area is 180 Å². The number of aliphatic carboxylic acids is 1. The summed E-state index contributed by atoms with van der Waals surface area (Å²) in [5, 5.41) is 16.5. The second-order valence-electron chi connectivity index (χ2n) is 7.86. The molecule has 162 valence electrons. The quantitative estimate of drug-likeness (QED) is 0.422. The smallest absolute Gasteiger partial charge is 0.326 e. The Morgan fingerprint density at radius 3 is 2.45 bits per heavy atom. The minimum absolute atomic E-state index is 0.0812. The first-order valence-corrected chi connectivity index (χ1v) is 10.1. The number of fused-ring (bicyclic) bond motifs is 1. The Bertz CT molecular complexity index is 1060. The van der Waals surface area contributed by atoms with Gasteiger partial charge in [-0.15, -0.1) is 0 Å². The molecule has 0 radical (unpaired) electrons. The SMILES string of the molecule is CC(C)C[C@H](NC(=O)[C@H](Cc1cnc[nH]1)NC(=O)c1cccc2ccccc12)C(=O)O. The van der Waals surface area contributed by atoms with E-state index in [0.29, 0.717) is 11.3 Å². The largest absolute Gasteiger partial charge is 0.480 e. The fourth-order valence-electron chi connectivity index (χ4n) is 3.45. The normalized spacial score (nSPS) is 13.0. The molecule has 0 fully saturated rings. The van der Waals surface area contributed by atoms with E-state index >= 15 is 0 Å². The van der Waals surface area contributed by atoms with E-state index < -0.39 is 29.9 Å². The number of amides is 2. The van der Waals surface area contributed by atoms with E-state index in [2.05, 4.69) is 20.6 Å². The zero-order valence-electron chi connectivity index (χ0n) is 17.5. The number of benzene rings is 2. The van der Waals surface area contributed by atoms with Crippen LogP contribution in [-0.2, 0) is 16.0 Å². The molecule has 0 saturated carbocycles. The highest BCUT2D eigenvalue weighted by molar-refractivity contribution is 6.08. The first-order valence-electron chi connectivity index (χ1n) is 10.1. The maximum Gasteiger partial charge on any atom is 0.326 e. The van der Waals surface area contributed by atoms with Crippen molar-refractivity contribution in [1.29, 1.82) is 0 Å². The van der Waals surface area contributed by atoms with Crippen molar-refractivity contribution >= 4 is 28.6 Å². The Morgan fingerprint density at radius 1 is 1.03 bits per heavy atom. The number of aromatic amines is 1. The van der Waals surface area contributed by atoms with Crippen molar-refractivity contribution in [3.05, 3.63) is 66.2 Å². The Balaban J connectivity index is 1.83. The van der Waals surface area contributed by atoms with Gasteiger partial charge in [0.05, 0.1) is 6.33 Å². The Morgan fingerprint density at radius 2 is 1.77 bits per heavy atom. The number of imidazole rings is 1. The van der Waals surface area contributed by atoms with Crippen molar-refractivity contribution in [3.8, 4) is 0 Å². The lowest BCUT2D eigenvalue weighted by Crippen LogP contribution is -2.52. The molecule has 0 saturated heterocycles. The maximum absolute atomic E-state index is 13.1. The highest BCUT2D eigenvalue weighted by Gasteiger charge is 2.28. The summed E-state index contributed by atoms with van der Waals surface area (Å²) in [6, 6.07) is 10.9. The third-order valence-corrected chi connectivity index (χ3v) is 4.96. The molecule has 1 heterocycles. The van der Waals surface area contributed by atoms with E-state index in [1.807, 2.05) is 44.2 Å². The Kier molecular flexibility index (Phi) is 7.02. The highest BCUT2D eigenvalue weighted by atomic mass is 16.4. The molecule has 3 rings (SSSR count). The molecule has 2 aromatic carbocycles. The number of carbonyl (C=O) groups excluding carboxylic acids is 2. The minimum atomic E-state index is -1.11. The fourth-order valence-corrected chi connectivity index (χ4v) is 3.45. The van der Waals surface area contributed by atoms with Gasteiger partial charge in [-0.05, 0) is 29.2 Å². The number of carbonyl (C=O) groups is 3. The van der Waals surface area contributed by atoms with Crippen LogP contribution in [0.4, 0.5) is 0 Å². The lowest BCUT2D eigenvalue weighted by Gasteiger charge is -2.22. The molecule has 0 spiro atoms. The average Bonchev–Trinajstić information content (AvgIpc) is 3.25. The van der Waals surface area contributed by atoms with E-state index in [1.165, 1.54) is 6.33 Å². The second kappa shape index (κ2) is 9.88. The van der Waals surface area contributed by atoms with Crippen LogP contribution >= 0.6 is 0 Å². The molecule has 3 aromatic rings. The van der Waals surface area contributed by atoms with Crippen LogP contribution in [-0.4, -0.2) is 44.9 Å². The van der Waals surface area contributed by atoms with E-state index in [0.717, 1.165) is 10.8 Å². The third kappa shape index (κ3) is 5.69. The van der Waals surface area contributed by atoms with Gasteiger partial charge in [0.25, 0.3) is 5.91 Å². The van der Waals surface area contributed by atoms with E-state index in [1.54, 1.807) is 18.3 Å². The summed E-state index contributed by atoms with van der Waals surface area (Å²) in [7, 11) is 0. The van der Waals surface area contributed by atoms with Crippen LogP contribution in [0.5, 0.6) is 0 Å². The molecular weight excluding hydrogens is 396 g/mol. The van der Waals surface area contributed by atoms with Gasteiger partial charge < -0.3 is 20.7 Å². The summed E-state index contributed by atoms with van der Waals surface area (Å²) in [6.07, 6.45) is 3.48. The van der Waals surface area contributed by atoms with Gasteiger partial charge in [-0.1, -0.05) is 50.2 Å². The van der Waals surface area contributed by atoms with Crippen LogP contribution < -0.4 is 10.6 Å². The molecule has 1 aromatic heterocycles. The molecule has 0 aliphatic heterocycles. The van der Waals surface area contributed by atoms with Gasteiger partial charge in [-0.3, -0.25) is 9.59 Å².